The first-order valence-corrected chi connectivity index (χ1v) is 34.6. The molecule has 6 aromatic rings. The number of carboxylic acids is 1. The number of nitrogens with one attached hydrogen (secondary N) is 6. The van der Waals surface area contributed by atoms with E-state index >= 15 is 0 Å². The second-order valence-corrected chi connectivity index (χ2v) is 26.3. The minimum atomic E-state index is -5.20. The van der Waals surface area contributed by atoms with Crippen molar-refractivity contribution in [2.24, 2.45) is 5.73 Å². The molecule has 29 nitrogen and oxygen atoms in total. The summed E-state index contributed by atoms with van der Waals surface area (Å²) in [7, 11) is 3.19. The first kappa shape index (κ1) is 78.5. The molecule has 12 rings (SSSR count). The van der Waals surface area contributed by atoms with Gasteiger partial charge < -0.3 is 70.8 Å². The van der Waals surface area contributed by atoms with Gasteiger partial charge in [0.15, 0.2) is 5.78 Å². The van der Waals surface area contributed by atoms with Gasteiger partial charge in [0.2, 0.25) is 28.9 Å². The van der Waals surface area contributed by atoms with Gasteiger partial charge in [-0.2, -0.15) is 13.2 Å². The van der Waals surface area contributed by atoms with E-state index in [-0.39, 0.29) is 122 Å². The van der Waals surface area contributed by atoms with Gasteiger partial charge in [-0.1, -0.05) is 56.7 Å². The zero-order valence-corrected chi connectivity index (χ0v) is 58.8. The van der Waals surface area contributed by atoms with E-state index in [0.29, 0.717) is 47.3 Å². The van der Waals surface area contributed by atoms with E-state index in [1.807, 2.05) is 60.7 Å². The number of carboxylic acid groups (broad SMARTS) is 1. The number of halogens is 3. The summed E-state index contributed by atoms with van der Waals surface area (Å²) in [6.07, 6.45) is 1.96. The molecule has 0 bridgehead atoms. The summed E-state index contributed by atoms with van der Waals surface area (Å²) in [4.78, 5) is 171. The number of Topliss-reactive ketones (excluding diaryl/α,β-unsaturated/α-hetero) is 2. The second kappa shape index (κ2) is 33.9. The van der Waals surface area contributed by atoms with Crippen LogP contribution in [0, 0.1) is 0 Å². The van der Waals surface area contributed by atoms with Crippen molar-refractivity contribution < 1.29 is 90.0 Å². The number of nitrogens with zero attached hydrogens (tertiary/aromatic N) is 4. The smallest absolute Gasteiger partial charge is 0.471 e. The predicted octanol–water partition coefficient (Wildman–Crippen LogP) is 4.47. The average Bonchev–Trinajstić information content (AvgIpc) is 1.65. The molecule has 2 saturated carbocycles. The van der Waals surface area contributed by atoms with E-state index in [0.717, 1.165) is 46.7 Å². The zero-order valence-electron chi connectivity index (χ0n) is 58.8. The van der Waals surface area contributed by atoms with Crippen molar-refractivity contribution in [1.82, 2.24) is 51.0 Å². The summed E-state index contributed by atoms with van der Waals surface area (Å²) in [5, 5.41) is 25.2. The Labute approximate surface area is 599 Å². The Morgan fingerprint density at radius 1 is 0.629 bits per heavy atom. The lowest BCUT2D eigenvalue weighted by molar-refractivity contribution is -0.190. The number of alkyl halides is 3. The van der Waals surface area contributed by atoms with E-state index in [2.05, 4.69) is 31.6 Å². The molecular formula is C73H84F3N11O18. The third-order valence-corrected chi connectivity index (χ3v) is 19.3. The third-order valence-electron chi connectivity index (χ3n) is 19.3. The van der Waals surface area contributed by atoms with Crippen LogP contribution in [0.25, 0.3) is 44.6 Å². The van der Waals surface area contributed by atoms with Crippen molar-refractivity contribution in [3.05, 3.63) is 127 Å². The first-order valence-electron chi connectivity index (χ1n) is 34.6. The number of para-hydroxylation sites is 2. The lowest BCUT2D eigenvalue weighted by Crippen LogP contribution is -2.50. The predicted molar refractivity (Wildman–Crippen MR) is 371 cm³/mol. The van der Waals surface area contributed by atoms with Crippen LogP contribution >= 0.6 is 0 Å². The molecule has 4 amide bonds. The van der Waals surface area contributed by atoms with Crippen LogP contribution in [0.4, 0.5) is 13.2 Å². The molecule has 2 aliphatic carbocycles. The highest BCUT2D eigenvalue weighted by Crippen LogP contribution is 2.43. The van der Waals surface area contributed by atoms with Gasteiger partial charge in [0.05, 0.1) is 76.2 Å². The van der Waals surface area contributed by atoms with Gasteiger partial charge in [-0.05, 0) is 129 Å². The maximum atomic E-state index is 13.8. The first-order chi connectivity index (χ1) is 49.9. The summed E-state index contributed by atoms with van der Waals surface area (Å²) < 4.78 is 62.1. The van der Waals surface area contributed by atoms with Crippen LogP contribution in [0.2, 0.25) is 0 Å². The number of hydrogen-bond acceptors (Lipinski definition) is 22. The van der Waals surface area contributed by atoms with Crippen molar-refractivity contribution in [1.29, 1.82) is 0 Å². The number of fused-ring (bicyclic) bond motifs is 10. The number of esters is 4. The fourth-order valence-electron chi connectivity index (χ4n) is 12.9. The minimum absolute atomic E-state index is 0.0197. The summed E-state index contributed by atoms with van der Waals surface area (Å²) in [5.74, 6) is -8.77. The van der Waals surface area contributed by atoms with Gasteiger partial charge >= 0.3 is 41.9 Å². The monoisotopic (exact) mass is 1460 g/mol. The molecular weight excluding hydrogens is 1380 g/mol. The highest BCUT2D eigenvalue weighted by Gasteiger charge is 2.52. The molecule has 3 unspecified atom stereocenters. The highest BCUT2D eigenvalue weighted by molar-refractivity contribution is 5.94. The number of aromatic nitrogens is 4. The van der Waals surface area contributed by atoms with Gasteiger partial charge in [0.1, 0.15) is 32.1 Å². The van der Waals surface area contributed by atoms with Crippen LogP contribution in [-0.2, 0) is 109 Å². The van der Waals surface area contributed by atoms with Gasteiger partial charge in [-0.15, -0.1) is 0 Å². The molecule has 4 aromatic heterocycles. The summed E-state index contributed by atoms with van der Waals surface area (Å²) in [6, 6.07) is 20.8. The fourth-order valence-corrected chi connectivity index (χ4v) is 12.9. The normalized spacial score (nSPS) is 18.0. The number of rotatable bonds is 24. The van der Waals surface area contributed by atoms with E-state index in [1.165, 1.54) is 63.0 Å². The quantitative estimate of drug-likeness (QED) is 0.0305. The third kappa shape index (κ3) is 18.0. The molecule has 6 aliphatic rings. The number of hydrogen-bond donors (Lipinski definition) is 8. The highest BCUT2D eigenvalue weighted by atomic mass is 19.4. The molecule has 0 spiro atoms. The Kier molecular flexibility index (Phi) is 25.3. The number of carbonyl (C=O) groups is 11. The Morgan fingerprint density at radius 2 is 1.07 bits per heavy atom. The van der Waals surface area contributed by atoms with Crippen LogP contribution in [0.15, 0.2) is 82.4 Å². The van der Waals surface area contributed by atoms with Gasteiger partial charge in [0, 0.05) is 64.4 Å². The Morgan fingerprint density at radius 3 is 1.48 bits per heavy atom. The van der Waals surface area contributed by atoms with E-state index < -0.39 is 95.7 Å². The van der Waals surface area contributed by atoms with E-state index in [4.69, 9.17) is 34.8 Å². The number of ether oxygens (including phenoxy) is 4. The molecule has 0 saturated heterocycles. The number of amides is 4. The molecule has 5 atom stereocenters. The molecule has 2 fully saturated rings. The second-order valence-electron chi connectivity index (χ2n) is 26.3. The molecule has 8 heterocycles. The minimum Gasteiger partial charge on any atom is -0.481 e. The standard InChI is InChI=1S/C38H44N6O9.C24H18F3N3O6.C7H13NO3.C4H9N/c1-4-38(26-17-30-34-23(16-22-8-5-6-11-28(22)42-34)19-44(30)36(50)25(26)20-52-37(38)51)53-33(48)18-40-31(46)14-13-29(39-3)35(49)43-27(21(2)45)12-15-32(47)41-24-9-7-10-24;1-2-23(36-18(31)9-28-21(33)24(25,26)27)15-8-17-19-13(7-12-5-3-4-6-16(12)29-19)10-30(17)20(32)14(15)11-35-22(23)34;1-5(9)6(8-2)3-4-7(10)11;5-4-2-1-3-4/h5-6,8,11,16-17,24,27,29,39H,4,7,9-10,12-15,18-20H2,1-3H3,(H,40,46)(H,41,47)(H,43,49);3-8H,2,9-11H2,1H3,(H,28,33);6,8H,3-4H2,1-2H3,(H,10,11);4H,1-3,5H2/t27?,29?,38-;23-;;/m00../s1. The molecule has 105 heavy (non-hydrogen) atoms. The van der Waals surface area contributed by atoms with Crippen LogP contribution in [-0.4, -0.2) is 153 Å². The van der Waals surface area contributed by atoms with Crippen LogP contribution in [0.3, 0.4) is 0 Å². The lowest BCUT2D eigenvalue weighted by Gasteiger charge is -2.35. The van der Waals surface area contributed by atoms with Crippen molar-refractivity contribution >= 4 is 86.8 Å². The van der Waals surface area contributed by atoms with Crippen molar-refractivity contribution in [2.45, 2.75) is 191 Å². The number of pyridine rings is 4. The molecule has 4 aliphatic heterocycles. The maximum Gasteiger partial charge on any atom is 0.471 e. The molecule has 2 aromatic carbocycles. The Bertz CT molecular complexity index is 4530. The number of nitrogens with two attached hydrogens (primary N) is 1. The van der Waals surface area contributed by atoms with Crippen molar-refractivity contribution in [3.8, 4) is 22.8 Å². The number of benzene rings is 2. The zero-order chi connectivity index (χ0) is 76.2. The SMILES string of the molecule is CC[C@@]1(OC(=O)CNC(=O)C(F)(F)F)C(=O)OCc2c1cc1n(c2=O)Cc2cc3ccccc3nc2-1.CC[C@@]1(OC(=O)CNC(=O)CCC(NC)C(=O)NC(CCC(=O)NC2CCC2)C(C)=O)C(=O)OCc2c1cc1n(c2=O)Cc2cc3ccccc3nc2-1.CNC(CCC(=O)O)C(C)=O.NC1CCC1. The number of aliphatic carboxylic acids is 1. The van der Waals surface area contributed by atoms with Gasteiger partial charge in [-0.3, -0.25) is 52.7 Å². The van der Waals surface area contributed by atoms with Crippen molar-refractivity contribution in [3.63, 3.8) is 0 Å². The van der Waals surface area contributed by atoms with Crippen LogP contribution < -0.4 is 48.8 Å². The largest absolute Gasteiger partial charge is 0.481 e. The van der Waals surface area contributed by atoms with Gasteiger partial charge in [0.25, 0.3) is 11.1 Å². The molecule has 0 radical (unpaired) electrons. The average molecular weight is 1460 g/mol. The van der Waals surface area contributed by atoms with E-state index in [1.54, 1.807) is 24.6 Å². The molecule has 32 heteroatoms. The number of ketones is 2. The van der Waals surface area contributed by atoms with Crippen LogP contribution in [0.1, 0.15) is 151 Å². The fraction of sp³-hybridized carbons (Fsp3) is 0.466. The van der Waals surface area contributed by atoms with E-state index in [9.17, 15) is 75.5 Å². The molecule has 9 N–H and O–H groups in total. The van der Waals surface area contributed by atoms with Crippen molar-refractivity contribution in [2.75, 3.05) is 27.2 Å². The summed E-state index contributed by atoms with van der Waals surface area (Å²) in [6.45, 7) is 4.10. The van der Waals surface area contributed by atoms with Crippen LogP contribution in [0.5, 0.6) is 0 Å². The number of likely N-dealkylation sites (N-methyl/N-ethyl adjacent to an activating group) is 2. The summed E-state index contributed by atoms with van der Waals surface area (Å²) in [5.41, 5.74) is 6.24. The Balaban J connectivity index is 0.000000209. The number of carbonyl (C=O) groups excluding carboxylic acids is 10. The molecule has 560 valence electrons. The Hall–Kier alpha value is -10.6. The maximum absolute atomic E-state index is 13.8. The number of cyclic esters (lactones) is 2. The van der Waals surface area contributed by atoms with Gasteiger partial charge in [-0.25, -0.2) is 19.6 Å². The topological polar surface area (TPSA) is 413 Å². The lowest BCUT2D eigenvalue weighted by atomic mass is 9.85. The summed E-state index contributed by atoms with van der Waals surface area (Å²) >= 11 is 0.